The second kappa shape index (κ2) is 9.38. The predicted octanol–water partition coefficient (Wildman–Crippen LogP) is 4.69. The van der Waals surface area contributed by atoms with Crippen LogP contribution in [0.2, 0.25) is 0 Å². The van der Waals surface area contributed by atoms with Crippen LogP contribution >= 0.6 is 0 Å². The van der Waals surface area contributed by atoms with Crippen LogP contribution in [0.25, 0.3) is 5.69 Å². The number of nitrogens with zero attached hydrogens (tertiary/aromatic N) is 3. The van der Waals surface area contributed by atoms with Gasteiger partial charge in [0.05, 0.1) is 37.5 Å². The molecule has 0 saturated heterocycles. The highest BCUT2D eigenvalue weighted by molar-refractivity contribution is 5.65. The maximum atomic E-state index is 13.9. The molecule has 7 nitrogen and oxygen atoms in total. The van der Waals surface area contributed by atoms with Crippen molar-refractivity contribution in [2.24, 2.45) is 0 Å². The predicted molar refractivity (Wildman–Crippen MR) is 132 cm³/mol. The van der Waals surface area contributed by atoms with Crippen molar-refractivity contribution in [3.63, 3.8) is 0 Å². The Morgan fingerprint density at radius 1 is 1.20 bits per heavy atom. The second-order valence-electron chi connectivity index (χ2n) is 8.86. The first-order chi connectivity index (χ1) is 17.0. The van der Waals surface area contributed by atoms with Gasteiger partial charge in [-0.3, -0.25) is 4.79 Å². The molecule has 1 saturated carbocycles. The molecule has 5 rings (SSSR count). The van der Waals surface area contributed by atoms with Crippen molar-refractivity contribution in [1.82, 2.24) is 14.1 Å². The molecule has 2 heterocycles. The number of benzene rings is 2. The van der Waals surface area contributed by atoms with E-state index in [0.29, 0.717) is 28.6 Å². The van der Waals surface area contributed by atoms with E-state index in [1.165, 1.54) is 16.7 Å². The fourth-order valence-corrected chi connectivity index (χ4v) is 4.33. The van der Waals surface area contributed by atoms with E-state index in [9.17, 15) is 14.3 Å². The van der Waals surface area contributed by atoms with Crippen molar-refractivity contribution >= 4 is 11.4 Å². The lowest BCUT2D eigenvalue weighted by atomic mass is 10.1. The van der Waals surface area contributed by atoms with Gasteiger partial charge in [0.25, 0.3) is 5.56 Å². The van der Waals surface area contributed by atoms with E-state index in [-0.39, 0.29) is 12.2 Å². The zero-order chi connectivity index (χ0) is 24.5. The third kappa shape index (κ3) is 4.70. The molecule has 0 spiro atoms. The number of pyridine rings is 1. The molecule has 1 atom stereocenters. The molecule has 0 unspecified atom stereocenters. The summed E-state index contributed by atoms with van der Waals surface area (Å²) in [6.45, 7) is 1.59. The van der Waals surface area contributed by atoms with Crippen LogP contribution in [0.4, 0.5) is 15.8 Å². The minimum absolute atomic E-state index is 0.300. The molecule has 0 aliphatic heterocycles. The Morgan fingerprint density at radius 3 is 2.69 bits per heavy atom. The van der Waals surface area contributed by atoms with E-state index in [2.05, 4.69) is 10.3 Å². The summed E-state index contributed by atoms with van der Waals surface area (Å²) in [5.41, 5.74) is 4.04. The number of aliphatic hydroxyl groups excluding tert-OH is 1. The molecular weight excluding hydrogens is 447 g/mol. The SMILES string of the molecule is COc1cc(Nc2cc(C3CC3)cn([C@@H](CO)c3cccc(F)c3)c2=O)ccc1-n1cnc(C)c1. The van der Waals surface area contributed by atoms with Gasteiger partial charge in [-0.1, -0.05) is 12.1 Å². The number of aliphatic hydroxyl groups is 1. The number of ether oxygens (including phenoxy) is 1. The third-order valence-corrected chi connectivity index (χ3v) is 6.30. The van der Waals surface area contributed by atoms with Gasteiger partial charge in [-0.2, -0.15) is 0 Å². The Morgan fingerprint density at radius 2 is 2.03 bits per heavy atom. The number of hydrogen-bond acceptors (Lipinski definition) is 5. The summed E-state index contributed by atoms with van der Waals surface area (Å²) in [7, 11) is 1.60. The number of hydrogen-bond donors (Lipinski definition) is 2. The lowest BCUT2D eigenvalue weighted by Crippen LogP contribution is -2.29. The molecule has 0 amide bonds. The number of nitrogens with one attached hydrogen (secondary N) is 1. The van der Waals surface area contributed by atoms with Gasteiger partial charge in [0.2, 0.25) is 0 Å². The van der Waals surface area contributed by atoms with Crippen molar-refractivity contribution < 1.29 is 14.2 Å². The van der Waals surface area contributed by atoms with Crippen LogP contribution in [0.3, 0.4) is 0 Å². The fourth-order valence-electron chi connectivity index (χ4n) is 4.33. The summed E-state index contributed by atoms with van der Waals surface area (Å²) in [5.74, 6) is 0.584. The monoisotopic (exact) mass is 474 g/mol. The minimum Gasteiger partial charge on any atom is -0.494 e. The maximum absolute atomic E-state index is 13.9. The topological polar surface area (TPSA) is 81.3 Å². The van der Waals surface area contributed by atoms with E-state index < -0.39 is 11.9 Å². The molecule has 1 fully saturated rings. The average molecular weight is 475 g/mol. The number of anilines is 2. The van der Waals surface area contributed by atoms with Gasteiger partial charge in [0, 0.05) is 24.1 Å². The van der Waals surface area contributed by atoms with Crippen molar-refractivity contribution in [3.05, 3.63) is 100 Å². The molecular formula is C27H27FN4O3. The van der Waals surface area contributed by atoms with E-state index in [4.69, 9.17) is 4.74 Å². The standard InChI is InChI=1S/C27H27FN4O3/c1-17-13-31(16-29-17)24-9-8-22(12-26(24)35-2)30-23-11-20(18-6-7-18)14-32(27(23)34)25(15-33)19-4-3-5-21(28)10-19/h3-5,8-14,16,18,25,30,33H,6-7,15H2,1-2H3/t25-/m0/s1. The first kappa shape index (κ1) is 22.9. The van der Waals surface area contributed by atoms with E-state index >= 15 is 0 Å². The normalized spacial score (nSPS) is 14.1. The Hall–Kier alpha value is -3.91. The molecule has 4 aromatic rings. The summed E-state index contributed by atoms with van der Waals surface area (Å²) in [5, 5.41) is 13.4. The van der Waals surface area contributed by atoms with Crippen LogP contribution in [0.5, 0.6) is 5.75 Å². The van der Waals surface area contributed by atoms with E-state index in [1.54, 1.807) is 31.8 Å². The highest BCUT2D eigenvalue weighted by Crippen LogP contribution is 2.41. The second-order valence-corrected chi connectivity index (χ2v) is 8.86. The van der Waals surface area contributed by atoms with Crippen LogP contribution in [-0.4, -0.2) is 32.9 Å². The van der Waals surface area contributed by atoms with Crippen LogP contribution < -0.4 is 15.6 Å². The molecule has 1 aliphatic carbocycles. The highest BCUT2D eigenvalue weighted by atomic mass is 19.1. The van der Waals surface area contributed by atoms with Gasteiger partial charge >= 0.3 is 0 Å². The molecule has 8 heteroatoms. The van der Waals surface area contributed by atoms with Crippen LogP contribution in [0.1, 0.15) is 41.6 Å². The first-order valence-electron chi connectivity index (χ1n) is 11.5. The van der Waals surface area contributed by atoms with Crippen molar-refractivity contribution in [2.45, 2.75) is 31.7 Å². The molecule has 0 radical (unpaired) electrons. The fraction of sp³-hybridized carbons (Fsp3) is 0.259. The zero-order valence-electron chi connectivity index (χ0n) is 19.6. The number of aryl methyl sites for hydroxylation is 1. The smallest absolute Gasteiger partial charge is 0.274 e. The molecule has 2 aromatic heterocycles. The highest BCUT2D eigenvalue weighted by Gasteiger charge is 2.27. The molecule has 35 heavy (non-hydrogen) atoms. The van der Waals surface area contributed by atoms with Gasteiger partial charge in [-0.05, 0) is 67.1 Å². The minimum atomic E-state index is -0.696. The first-order valence-corrected chi connectivity index (χ1v) is 11.5. The van der Waals surface area contributed by atoms with Gasteiger partial charge < -0.3 is 24.3 Å². The molecule has 2 aromatic carbocycles. The van der Waals surface area contributed by atoms with Crippen molar-refractivity contribution in [3.8, 4) is 11.4 Å². The number of halogens is 1. The van der Waals surface area contributed by atoms with Crippen LogP contribution in [-0.2, 0) is 0 Å². The van der Waals surface area contributed by atoms with Crippen molar-refractivity contribution in [1.29, 1.82) is 0 Å². The molecule has 180 valence electrons. The number of rotatable bonds is 8. The van der Waals surface area contributed by atoms with Gasteiger partial charge in [-0.15, -0.1) is 0 Å². The van der Waals surface area contributed by atoms with E-state index in [1.807, 2.05) is 42.0 Å². The zero-order valence-corrected chi connectivity index (χ0v) is 19.6. The lowest BCUT2D eigenvalue weighted by molar-refractivity contribution is 0.246. The van der Waals surface area contributed by atoms with Crippen LogP contribution in [0.15, 0.2) is 72.0 Å². The number of imidazole rings is 1. The summed E-state index contributed by atoms with van der Waals surface area (Å²) in [4.78, 5) is 17.8. The Bertz CT molecular complexity index is 1420. The Kier molecular flexibility index (Phi) is 6.13. The van der Waals surface area contributed by atoms with E-state index in [0.717, 1.165) is 29.8 Å². The lowest BCUT2D eigenvalue weighted by Gasteiger charge is -2.21. The molecule has 2 N–H and O–H groups in total. The quantitative estimate of drug-likeness (QED) is 0.387. The Balaban J connectivity index is 1.54. The third-order valence-electron chi connectivity index (χ3n) is 6.30. The van der Waals surface area contributed by atoms with Gasteiger partial charge in [0.15, 0.2) is 0 Å². The molecule has 1 aliphatic rings. The summed E-state index contributed by atoms with van der Waals surface area (Å²) in [6, 6.07) is 12.8. The average Bonchev–Trinajstić information content (AvgIpc) is 3.62. The summed E-state index contributed by atoms with van der Waals surface area (Å²) >= 11 is 0. The Labute approximate surface area is 202 Å². The van der Waals surface area contributed by atoms with Crippen LogP contribution in [0, 0.1) is 12.7 Å². The summed E-state index contributed by atoms with van der Waals surface area (Å²) < 4.78 is 22.9. The summed E-state index contributed by atoms with van der Waals surface area (Å²) in [6.07, 6.45) is 7.52. The van der Waals surface area contributed by atoms with Gasteiger partial charge in [-0.25, -0.2) is 9.37 Å². The number of methoxy groups -OCH3 is 1. The van der Waals surface area contributed by atoms with Gasteiger partial charge in [0.1, 0.15) is 17.3 Å². The maximum Gasteiger partial charge on any atom is 0.274 e. The largest absolute Gasteiger partial charge is 0.494 e. The molecule has 0 bridgehead atoms. The van der Waals surface area contributed by atoms with Crippen molar-refractivity contribution in [2.75, 3.05) is 19.0 Å². The number of aromatic nitrogens is 3.